The molecule has 0 amide bonds. The minimum atomic E-state index is -0.649. The SMILES string of the molecule is N#CC(Cl)COc1ccc(Cl)c2ccccc12. The molecular formula is C13H9Cl2NO. The Morgan fingerprint density at radius 1 is 1.18 bits per heavy atom. The van der Waals surface area contributed by atoms with E-state index >= 15 is 0 Å². The molecule has 2 aromatic carbocycles. The summed E-state index contributed by atoms with van der Waals surface area (Å²) in [6, 6.07) is 13.1. The Balaban J connectivity index is 2.36. The number of ether oxygens (including phenoxy) is 1. The van der Waals surface area contributed by atoms with Gasteiger partial charge in [-0.05, 0) is 12.1 Å². The lowest BCUT2D eigenvalue weighted by Gasteiger charge is -2.10. The zero-order chi connectivity index (χ0) is 12.3. The molecule has 17 heavy (non-hydrogen) atoms. The Bertz CT molecular complexity index is 577. The van der Waals surface area contributed by atoms with Gasteiger partial charge < -0.3 is 4.74 Å². The highest BCUT2D eigenvalue weighted by Crippen LogP contribution is 2.31. The van der Waals surface area contributed by atoms with Gasteiger partial charge in [-0.1, -0.05) is 35.9 Å². The van der Waals surface area contributed by atoms with E-state index in [1.807, 2.05) is 30.3 Å². The molecule has 86 valence electrons. The van der Waals surface area contributed by atoms with Crippen molar-refractivity contribution < 1.29 is 4.74 Å². The van der Waals surface area contributed by atoms with Crippen LogP contribution in [-0.4, -0.2) is 12.0 Å². The van der Waals surface area contributed by atoms with Crippen molar-refractivity contribution in [1.82, 2.24) is 0 Å². The Hall–Kier alpha value is -1.43. The molecule has 0 saturated carbocycles. The predicted molar refractivity (Wildman–Crippen MR) is 69.7 cm³/mol. The molecule has 2 rings (SSSR count). The molecule has 0 radical (unpaired) electrons. The van der Waals surface area contributed by atoms with Crippen molar-refractivity contribution in [3.05, 3.63) is 41.4 Å². The van der Waals surface area contributed by atoms with Gasteiger partial charge in [-0.15, -0.1) is 11.6 Å². The average molecular weight is 266 g/mol. The highest BCUT2D eigenvalue weighted by Gasteiger charge is 2.07. The van der Waals surface area contributed by atoms with Gasteiger partial charge in [0.15, 0.2) is 5.38 Å². The third-order valence-electron chi connectivity index (χ3n) is 2.36. The van der Waals surface area contributed by atoms with Crippen LogP contribution in [0.15, 0.2) is 36.4 Å². The van der Waals surface area contributed by atoms with E-state index in [2.05, 4.69) is 0 Å². The fourth-order valence-corrected chi connectivity index (χ4v) is 1.85. The minimum Gasteiger partial charge on any atom is -0.490 e. The van der Waals surface area contributed by atoms with Crippen LogP contribution in [0.2, 0.25) is 5.02 Å². The quantitative estimate of drug-likeness (QED) is 0.786. The van der Waals surface area contributed by atoms with Crippen molar-refractivity contribution in [3.8, 4) is 11.8 Å². The van der Waals surface area contributed by atoms with Gasteiger partial charge in [0.05, 0.1) is 6.07 Å². The smallest absolute Gasteiger partial charge is 0.154 e. The van der Waals surface area contributed by atoms with E-state index in [9.17, 15) is 0 Å². The van der Waals surface area contributed by atoms with Crippen molar-refractivity contribution in [2.24, 2.45) is 0 Å². The summed E-state index contributed by atoms with van der Waals surface area (Å²) in [5, 5.41) is 10.5. The topological polar surface area (TPSA) is 33.0 Å². The molecule has 1 atom stereocenters. The number of nitrogens with zero attached hydrogens (tertiary/aromatic N) is 1. The van der Waals surface area contributed by atoms with Crippen molar-refractivity contribution in [2.75, 3.05) is 6.61 Å². The van der Waals surface area contributed by atoms with Crippen LogP contribution in [0.3, 0.4) is 0 Å². The summed E-state index contributed by atoms with van der Waals surface area (Å²) < 4.78 is 5.51. The van der Waals surface area contributed by atoms with Gasteiger partial charge >= 0.3 is 0 Å². The molecule has 1 unspecified atom stereocenters. The van der Waals surface area contributed by atoms with Crippen LogP contribution in [0.4, 0.5) is 0 Å². The second-order valence-corrected chi connectivity index (χ2v) is 4.43. The first kappa shape index (κ1) is 12.0. The van der Waals surface area contributed by atoms with E-state index in [0.29, 0.717) is 10.8 Å². The molecule has 0 spiro atoms. The summed E-state index contributed by atoms with van der Waals surface area (Å²) in [7, 11) is 0. The van der Waals surface area contributed by atoms with Crippen LogP contribution >= 0.6 is 23.2 Å². The van der Waals surface area contributed by atoms with E-state index in [0.717, 1.165) is 10.8 Å². The van der Waals surface area contributed by atoms with Gasteiger partial charge in [-0.3, -0.25) is 0 Å². The minimum absolute atomic E-state index is 0.156. The van der Waals surface area contributed by atoms with Crippen LogP contribution in [0.25, 0.3) is 10.8 Å². The molecule has 0 aromatic heterocycles. The van der Waals surface area contributed by atoms with E-state index in [1.54, 1.807) is 12.1 Å². The van der Waals surface area contributed by atoms with Gasteiger partial charge in [0.25, 0.3) is 0 Å². The second-order valence-electron chi connectivity index (χ2n) is 3.50. The van der Waals surface area contributed by atoms with E-state index in [1.165, 1.54) is 0 Å². The van der Waals surface area contributed by atoms with Gasteiger partial charge in [0.1, 0.15) is 12.4 Å². The molecule has 4 heteroatoms. The summed E-state index contributed by atoms with van der Waals surface area (Å²) in [6.07, 6.45) is 0. The molecule has 0 aliphatic heterocycles. The summed E-state index contributed by atoms with van der Waals surface area (Å²) in [5.74, 6) is 0.686. The van der Waals surface area contributed by atoms with E-state index in [-0.39, 0.29) is 6.61 Å². The van der Waals surface area contributed by atoms with E-state index < -0.39 is 5.38 Å². The maximum absolute atomic E-state index is 8.59. The van der Waals surface area contributed by atoms with Gasteiger partial charge in [0, 0.05) is 15.8 Å². The fourth-order valence-electron chi connectivity index (χ4n) is 1.56. The molecule has 0 saturated heterocycles. The standard InChI is InChI=1S/C13H9Cl2NO/c14-9(7-16)8-17-13-6-5-12(15)10-3-1-2-4-11(10)13/h1-6,9H,8H2. The number of fused-ring (bicyclic) bond motifs is 1. The van der Waals surface area contributed by atoms with E-state index in [4.69, 9.17) is 33.2 Å². The molecular weight excluding hydrogens is 257 g/mol. The Morgan fingerprint density at radius 3 is 2.59 bits per heavy atom. The van der Waals surface area contributed by atoms with Crippen LogP contribution in [-0.2, 0) is 0 Å². The first-order valence-electron chi connectivity index (χ1n) is 5.06. The number of hydrogen-bond acceptors (Lipinski definition) is 2. The lowest BCUT2D eigenvalue weighted by atomic mass is 10.1. The molecule has 0 aliphatic carbocycles. The van der Waals surface area contributed by atoms with Crippen molar-refractivity contribution in [2.45, 2.75) is 5.38 Å². The molecule has 0 N–H and O–H groups in total. The molecule has 0 bridgehead atoms. The van der Waals surface area contributed by atoms with Crippen LogP contribution in [0, 0.1) is 11.3 Å². The van der Waals surface area contributed by atoms with Gasteiger partial charge in [-0.2, -0.15) is 5.26 Å². The molecule has 2 nitrogen and oxygen atoms in total. The fraction of sp³-hybridized carbons (Fsp3) is 0.154. The Morgan fingerprint density at radius 2 is 1.88 bits per heavy atom. The molecule has 0 heterocycles. The average Bonchev–Trinajstić information content (AvgIpc) is 2.38. The monoisotopic (exact) mass is 265 g/mol. The molecule has 0 aliphatic rings. The maximum atomic E-state index is 8.59. The van der Waals surface area contributed by atoms with Crippen LogP contribution in [0.5, 0.6) is 5.75 Å². The summed E-state index contributed by atoms with van der Waals surface area (Å²) in [4.78, 5) is 0. The van der Waals surface area contributed by atoms with Gasteiger partial charge in [0.2, 0.25) is 0 Å². The molecule has 0 fully saturated rings. The van der Waals surface area contributed by atoms with Gasteiger partial charge in [-0.25, -0.2) is 0 Å². The van der Waals surface area contributed by atoms with Crippen molar-refractivity contribution in [1.29, 1.82) is 5.26 Å². The maximum Gasteiger partial charge on any atom is 0.154 e. The number of halogens is 2. The lowest BCUT2D eigenvalue weighted by molar-refractivity contribution is 0.333. The summed E-state index contributed by atoms with van der Waals surface area (Å²) >= 11 is 11.8. The number of hydrogen-bond donors (Lipinski definition) is 0. The predicted octanol–water partition coefficient (Wildman–Crippen LogP) is 4.00. The van der Waals surface area contributed by atoms with Crippen LogP contribution < -0.4 is 4.74 Å². The first-order chi connectivity index (χ1) is 8.22. The largest absolute Gasteiger partial charge is 0.490 e. The number of benzene rings is 2. The normalized spacial score (nSPS) is 12.1. The highest BCUT2D eigenvalue weighted by molar-refractivity contribution is 6.35. The number of rotatable bonds is 3. The van der Waals surface area contributed by atoms with Crippen molar-refractivity contribution >= 4 is 34.0 Å². The zero-order valence-electron chi connectivity index (χ0n) is 8.86. The highest BCUT2D eigenvalue weighted by atomic mass is 35.5. The van der Waals surface area contributed by atoms with Crippen LogP contribution in [0.1, 0.15) is 0 Å². The number of alkyl halides is 1. The summed E-state index contributed by atoms with van der Waals surface area (Å²) in [6.45, 7) is 0.156. The Kier molecular flexibility index (Phi) is 3.73. The first-order valence-corrected chi connectivity index (χ1v) is 5.87. The summed E-state index contributed by atoms with van der Waals surface area (Å²) in [5.41, 5.74) is 0. The second kappa shape index (κ2) is 5.27. The molecule has 2 aromatic rings. The number of nitriles is 1. The lowest BCUT2D eigenvalue weighted by Crippen LogP contribution is -2.09. The zero-order valence-corrected chi connectivity index (χ0v) is 10.4. The van der Waals surface area contributed by atoms with Crippen molar-refractivity contribution in [3.63, 3.8) is 0 Å². The third kappa shape index (κ3) is 2.63. The Labute approximate surface area is 109 Å². The third-order valence-corrected chi connectivity index (χ3v) is 2.91.